The first-order valence-corrected chi connectivity index (χ1v) is 11.9. The van der Waals surface area contributed by atoms with E-state index < -0.39 is 23.1 Å². The van der Waals surface area contributed by atoms with Gasteiger partial charge in [0.2, 0.25) is 5.91 Å². The summed E-state index contributed by atoms with van der Waals surface area (Å²) in [4.78, 5) is 27.2. The van der Waals surface area contributed by atoms with E-state index in [0.29, 0.717) is 24.9 Å². The van der Waals surface area contributed by atoms with Crippen LogP contribution in [0.1, 0.15) is 47.4 Å². The standard InChI is InChI=1S/C27H30F4N2O3/c1-17-4-9-21(18(2)14-17)26(36-3,27(29,30)31)24(35)33-12-10-25(11-13-33)15-23(34)32-16-22(25)19-5-7-20(28)8-6-19/h4-9,14,22H,10-13,15-16H2,1-3H3,(H,32,34)/t22-,26-/m0/s1. The zero-order chi connectivity index (χ0) is 26.3. The van der Waals surface area contributed by atoms with Crippen molar-refractivity contribution in [2.24, 2.45) is 5.41 Å². The molecule has 0 aliphatic carbocycles. The van der Waals surface area contributed by atoms with Crippen LogP contribution in [0.5, 0.6) is 0 Å². The summed E-state index contributed by atoms with van der Waals surface area (Å²) in [6, 6.07) is 10.5. The number of hydrogen-bond donors (Lipinski definition) is 1. The highest BCUT2D eigenvalue weighted by Crippen LogP contribution is 2.50. The van der Waals surface area contributed by atoms with Gasteiger partial charge in [0.25, 0.3) is 11.5 Å². The van der Waals surface area contributed by atoms with Crippen molar-refractivity contribution in [2.45, 2.75) is 50.8 Å². The van der Waals surface area contributed by atoms with Crippen LogP contribution in [0.3, 0.4) is 0 Å². The third-order valence-corrected chi connectivity index (χ3v) is 7.84. The minimum atomic E-state index is -4.99. The molecule has 0 saturated carbocycles. The summed E-state index contributed by atoms with van der Waals surface area (Å²) in [6.45, 7) is 3.76. The topological polar surface area (TPSA) is 58.6 Å². The minimum Gasteiger partial charge on any atom is -0.356 e. The van der Waals surface area contributed by atoms with Crippen molar-refractivity contribution in [2.75, 3.05) is 26.7 Å². The van der Waals surface area contributed by atoms with Crippen molar-refractivity contribution in [1.82, 2.24) is 10.2 Å². The third-order valence-electron chi connectivity index (χ3n) is 7.84. The van der Waals surface area contributed by atoms with Crippen LogP contribution in [0, 0.1) is 25.1 Å². The van der Waals surface area contributed by atoms with E-state index in [-0.39, 0.29) is 42.7 Å². The van der Waals surface area contributed by atoms with Gasteiger partial charge in [0.1, 0.15) is 5.82 Å². The zero-order valence-corrected chi connectivity index (χ0v) is 20.5. The summed E-state index contributed by atoms with van der Waals surface area (Å²) in [7, 11) is 0.909. The number of rotatable bonds is 4. The molecule has 2 amide bonds. The van der Waals surface area contributed by atoms with Crippen LogP contribution < -0.4 is 5.32 Å². The Labute approximate surface area is 207 Å². The van der Waals surface area contributed by atoms with E-state index in [2.05, 4.69) is 5.32 Å². The lowest BCUT2D eigenvalue weighted by Crippen LogP contribution is -2.60. The molecule has 9 heteroatoms. The first kappa shape index (κ1) is 26.1. The highest BCUT2D eigenvalue weighted by molar-refractivity contribution is 5.88. The lowest BCUT2D eigenvalue weighted by atomic mass is 9.62. The van der Waals surface area contributed by atoms with E-state index in [1.54, 1.807) is 25.1 Å². The van der Waals surface area contributed by atoms with Gasteiger partial charge in [-0.25, -0.2) is 4.39 Å². The molecule has 2 heterocycles. The fourth-order valence-corrected chi connectivity index (χ4v) is 5.92. The van der Waals surface area contributed by atoms with Gasteiger partial charge in [0.05, 0.1) is 0 Å². The van der Waals surface area contributed by atoms with E-state index >= 15 is 0 Å². The normalized spacial score (nSPS) is 21.7. The number of carbonyl (C=O) groups excluding carboxylic acids is 2. The number of benzene rings is 2. The first-order chi connectivity index (χ1) is 16.9. The smallest absolute Gasteiger partial charge is 0.356 e. The van der Waals surface area contributed by atoms with E-state index in [9.17, 15) is 27.2 Å². The number of alkyl halides is 3. The Morgan fingerprint density at radius 1 is 1.08 bits per heavy atom. The zero-order valence-electron chi connectivity index (χ0n) is 20.5. The third kappa shape index (κ3) is 4.38. The fraction of sp³-hybridized carbons (Fsp3) is 0.481. The van der Waals surface area contributed by atoms with E-state index in [1.807, 2.05) is 0 Å². The van der Waals surface area contributed by atoms with Crippen LogP contribution in [-0.2, 0) is 19.9 Å². The van der Waals surface area contributed by atoms with Crippen molar-refractivity contribution in [3.8, 4) is 0 Å². The average Bonchev–Trinajstić information content (AvgIpc) is 2.81. The van der Waals surface area contributed by atoms with Crippen molar-refractivity contribution in [3.63, 3.8) is 0 Å². The summed E-state index contributed by atoms with van der Waals surface area (Å²) < 4.78 is 62.4. The molecule has 36 heavy (non-hydrogen) atoms. The van der Waals surface area contributed by atoms with Crippen molar-refractivity contribution >= 4 is 11.8 Å². The van der Waals surface area contributed by atoms with E-state index in [1.165, 1.54) is 36.1 Å². The molecule has 0 unspecified atom stereocenters. The number of nitrogens with zero attached hydrogens (tertiary/aromatic N) is 1. The summed E-state index contributed by atoms with van der Waals surface area (Å²) in [5.74, 6) is -1.80. The largest absolute Gasteiger partial charge is 0.430 e. The van der Waals surface area contributed by atoms with Crippen LogP contribution in [0.25, 0.3) is 0 Å². The Morgan fingerprint density at radius 3 is 2.28 bits per heavy atom. The van der Waals surface area contributed by atoms with Gasteiger partial charge in [0, 0.05) is 44.6 Å². The second-order valence-electron chi connectivity index (χ2n) is 9.94. The second-order valence-corrected chi connectivity index (χ2v) is 9.94. The molecule has 194 valence electrons. The number of halogens is 4. The Hall–Kier alpha value is -2.94. The van der Waals surface area contributed by atoms with Gasteiger partial charge in [-0.15, -0.1) is 0 Å². The summed E-state index contributed by atoms with van der Waals surface area (Å²) >= 11 is 0. The molecule has 2 aliphatic heterocycles. The van der Waals surface area contributed by atoms with Crippen LogP contribution in [-0.4, -0.2) is 49.6 Å². The average molecular weight is 507 g/mol. The van der Waals surface area contributed by atoms with Crippen molar-refractivity contribution < 1.29 is 31.9 Å². The number of piperidine rings is 2. The SMILES string of the molecule is CO[C@](C(=O)N1CCC2(CC1)CC(=O)NC[C@H]2c1ccc(F)cc1)(c1ccc(C)cc1C)C(F)(F)F. The number of methoxy groups -OCH3 is 1. The number of likely N-dealkylation sites (tertiary alicyclic amines) is 1. The number of carbonyl (C=O) groups is 2. The van der Waals surface area contributed by atoms with Gasteiger partial charge >= 0.3 is 6.18 Å². The number of nitrogens with one attached hydrogen (secondary N) is 1. The highest BCUT2D eigenvalue weighted by Gasteiger charge is 2.64. The van der Waals surface area contributed by atoms with Crippen LogP contribution in [0.15, 0.2) is 42.5 Å². The number of amides is 2. The molecule has 0 aromatic heterocycles. The van der Waals surface area contributed by atoms with Gasteiger partial charge in [-0.05, 0) is 55.4 Å². The van der Waals surface area contributed by atoms with Gasteiger partial charge < -0.3 is 15.0 Å². The van der Waals surface area contributed by atoms with Gasteiger partial charge in [-0.3, -0.25) is 9.59 Å². The van der Waals surface area contributed by atoms with Gasteiger partial charge in [-0.1, -0.05) is 35.9 Å². The number of hydrogen-bond acceptors (Lipinski definition) is 3. The molecule has 2 aromatic rings. The molecule has 2 aromatic carbocycles. The predicted molar refractivity (Wildman–Crippen MR) is 126 cm³/mol. The van der Waals surface area contributed by atoms with E-state index in [0.717, 1.165) is 18.2 Å². The molecular weight excluding hydrogens is 476 g/mol. The van der Waals surface area contributed by atoms with Crippen molar-refractivity contribution in [3.05, 3.63) is 70.5 Å². The molecule has 0 bridgehead atoms. The molecular formula is C27H30F4N2O3. The minimum absolute atomic E-state index is 0.0515. The maximum absolute atomic E-state index is 14.6. The second kappa shape index (κ2) is 9.50. The molecule has 2 fully saturated rings. The Bertz CT molecular complexity index is 1140. The summed E-state index contributed by atoms with van der Waals surface area (Å²) in [6.07, 6.45) is -4.10. The maximum Gasteiger partial charge on any atom is 0.430 e. The van der Waals surface area contributed by atoms with Crippen molar-refractivity contribution in [1.29, 1.82) is 0 Å². The molecule has 0 radical (unpaired) electrons. The summed E-state index contributed by atoms with van der Waals surface area (Å²) in [5.41, 5.74) is -1.95. The molecule has 2 aliphatic rings. The van der Waals surface area contributed by atoms with Gasteiger partial charge in [0.15, 0.2) is 0 Å². The Balaban J connectivity index is 1.65. The number of aryl methyl sites for hydroxylation is 2. The molecule has 1 spiro atoms. The monoisotopic (exact) mass is 506 g/mol. The molecule has 5 nitrogen and oxygen atoms in total. The first-order valence-electron chi connectivity index (χ1n) is 11.9. The summed E-state index contributed by atoms with van der Waals surface area (Å²) in [5, 5.41) is 2.85. The molecule has 2 saturated heterocycles. The maximum atomic E-state index is 14.6. The van der Waals surface area contributed by atoms with Crippen LogP contribution in [0.4, 0.5) is 17.6 Å². The van der Waals surface area contributed by atoms with Crippen LogP contribution in [0.2, 0.25) is 0 Å². The Kier molecular flexibility index (Phi) is 6.90. The quantitative estimate of drug-likeness (QED) is 0.609. The molecule has 1 N–H and O–H groups in total. The predicted octanol–water partition coefficient (Wildman–Crippen LogP) is 4.76. The molecule has 4 rings (SSSR count). The number of ether oxygens (including phenoxy) is 1. The fourth-order valence-electron chi connectivity index (χ4n) is 5.92. The Morgan fingerprint density at radius 2 is 1.72 bits per heavy atom. The van der Waals surface area contributed by atoms with Gasteiger partial charge in [-0.2, -0.15) is 13.2 Å². The lowest BCUT2D eigenvalue weighted by Gasteiger charge is -2.50. The highest BCUT2D eigenvalue weighted by atomic mass is 19.4. The van der Waals surface area contributed by atoms with Crippen LogP contribution >= 0.6 is 0 Å². The lowest BCUT2D eigenvalue weighted by molar-refractivity contribution is -0.271. The van der Waals surface area contributed by atoms with E-state index in [4.69, 9.17) is 4.74 Å². The molecule has 2 atom stereocenters.